The third kappa shape index (κ3) is 3.95. The summed E-state index contributed by atoms with van der Waals surface area (Å²) in [5.41, 5.74) is 1.04. The van der Waals surface area contributed by atoms with Gasteiger partial charge in [-0.25, -0.2) is 4.98 Å². The molecule has 0 fully saturated rings. The fourth-order valence-corrected chi connectivity index (χ4v) is 3.29. The molecule has 9 heteroatoms. The van der Waals surface area contributed by atoms with Crippen LogP contribution in [-0.4, -0.2) is 38.9 Å². The molecule has 9 nitrogen and oxygen atoms in total. The SMILES string of the molecule is Cc1nccn1-c1ccc(Oc2ccc(NC(=O)c3cccc4c3OCCO4)cc2)nn1. The Morgan fingerprint density at radius 2 is 1.88 bits per heavy atom. The van der Waals surface area contributed by atoms with E-state index >= 15 is 0 Å². The Hall–Kier alpha value is -4.40. The molecule has 0 radical (unpaired) electrons. The number of nitrogens with zero attached hydrogens (tertiary/aromatic N) is 4. The molecule has 0 aliphatic carbocycles. The Bertz CT molecular complexity index is 1250. The van der Waals surface area contributed by atoms with Crippen molar-refractivity contribution >= 4 is 11.6 Å². The molecule has 5 rings (SSSR count). The first-order valence-electron chi connectivity index (χ1n) is 9.99. The number of nitrogens with one attached hydrogen (secondary N) is 1. The van der Waals surface area contributed by atoms with Crippen LogP contribution in [0.15, 0.2) is 67.0 Å². The van der Waals surface area contributed by atoms with Crippen molar-refractivity contribution in [3.8, 4) is 28.9 Å². The lowest BCUT2D eigenvalue weighted by Crippen LogP contribution is -2.20. The number of imidazole rings is 1. The van der Waals surface area contributed by atoms with Crippen molar-refractivity contribution in [3.05, 3.63) is 78.4 Å². The minimum Gasteiger partial charge on any atom is -0.486 e. The van der Waals surface area contributed by atoms with Crippen molar-refractivity contribution in [2.45, 2.75) is 6.92 Å². The second kappa shape index (κ2) is 8.38. The number of ether oxygens (including phenoxy) is 3. The Labute approximate surface area is 183 Å². The van der Waals surface area contributed by atoms with Gasteiger partial charge < -0.3 is 19.5 Å². The van der Waals surface area contributed by atoms with E-state index in [0.717, 1.165) is 5.82 Å². The summed E-state index contributed by atoms with van der Waals surface area (Å²) in [6.07, 6.45) is 3.52. The van der Waals surface area contributed by atoms with Crippen molar-refractivity contribution < 1.29 is 19.0 Å². The number of fused-ring (bicyclic) bond motifs is 1. The van der Waals surface area contributed by atoms with Gasteiger partial charge in [-0.1, -0.05) is 6.07 Å². The summed E-state index contributed by atoms with van der Waals surface area (Å²) in [6.45, 7) is 2.77. The summed E-state index contributed by atoms with van der Waals surface area (Å²) < 4.78 is 18.7. The van der Waals surface area contributed by atoms with E-state index < -0.39 is 0 Å². The molecule has 0 unspecified atom stereocenters. The van der Waals surface area contributed by atoms with Crippen molar-refractivity contribution in [3.63, 3.8) is 0 Å². The summed E-state index contributed by atoms with van der Waals surface area (Å²) in [5.74, 6) is 3.15. The Kier molecular flexibility index (Phi) is 5.12. The number of rotatable bonds is 5. The number of benzene rings is 2. The Morgan fingerprint density at radius 1 is 1.03 bits per heavy atom. The largest absolute Gasteiger partial charge is 0.486 e. The fourth-order valence-electron chi connectivity index (χ4n) is 3.29. The number of hydrogen-bond donors (Lipinski definition) is 1. The van der Waals surface area contributed by atoms with Crippen LogP contribution in [0.5, 0.6) is 23.1 Å². The lowest BCUT2D eigenvalue weighted by molar-refractivity contribution is 0.101. The zero-order valence-corrected chi connectivity index (χ0v) is 17.2. The first-order chi connectivity index (χ1) is 15.7. The molecule has 4 aromatic rings. The lowest BCUT2D eigenvalue weighted by atomic mass is 10.1. The highest BCUT2D eigenvalue weighted by Crippen LogP contribution is 2.34. The minimum absolute atomic E-state index is 0.280. The molecule has 2 aromatic carbocycles. The van der Waals surface area contributed by atoms with E-state index in [4.69, 9.17) is 14.2 Å². The number of hydrogen-bond acceptors (Lipinski definition) is 7. The molecule has 2 aromatic heterocycles. The predicted molar refractivity (Wildman–Crippen MR) is 116 cm³/mol. The van der Waals surface area contributed by atoms with Gasteiger partial charge in [-0.15, -0.1) is 10.2 Å². The topological polar surface area (TPSA) is 100 Å². The third-order valence-electron chi connectivity index (χ3n) is 4.84. The van der Waals surface area contributed by atoms with Crippen LogP contribution in [0, 0.1) is 6.92 Å². The van der Waals surface area contributed by atoms with E-state index in [1.54, 1.807) is 60.8 Å². The Balaban J connectivity index is 1.25. The van der Waals surface area contributed by atoms with Crippen LogP contribution < -0.4 is 19.5 Å². The standard InChI is InChI=1S/C23H19N5O4/c1-15-24-11-12-28(15)20-9-10-21(27-26-20)32-17-7-5-16(6-8-17)25-23(29)18-3-2-4-19-22(18)31-14-13-30-19/h2-12H,13-14H2,1H3,(H,25,29). The number of carbonyl (C=O) groups excluding carboxylic acids is 1. The maximum Gasteiger partial charge on any atom is 0.259 e. The molecule has 0 saturated heterocycles. The summed E-state index contributed by atoms with van der Waals surface area (Å²) >= 11 is 0. The molecule has 0 bridgehead atoms. The van der Waals surface area contributed by atoms with Gasteiger partial charge in [0, 0.05) is 24.1 Å². The van der Waals surface area contributed by atoms with E-state index in [1.165, 1.54) is 0 Å². The Morgan fingerprint density at radius 3 is 2.62 bits per heavy atom. The number of anilines is 1. The molecule has 3 heterocycles. The summed E-state index contributed by atoms with van der Waals surface area (Å²) in [6, 6.07) is 15.8. The van der Waals surface area contributed by atoms with Crippen LogP contribution in [0.4, 0.5) is 5.69 Å². The molecule has 32 heavy (non-hydrogen) atoms. The molecule has 0 atom stereocenters. The van der Waals surface area contributed by atoms with Gasteiger partial charge in [0.25, 0.3) is 5.91 Å². The van der Waals surface area contributed by atoms with E-state index in [2.05, 4.69) is 20.5 Å². The second-order valence-corrected chi connectivity index (χ2v) is 6.98. The van der Waals surface area contributed by atoms with E-state index in [0.29, 0.717) is 53.4 Å². The van der Waals surface area contributed by atoms with Gasteiger partial charge in [-0.05, 0) is 49.4 Å². The van der Waals surface area contributed by atoms with Crippen LogP contribution in [0.25, 0.3) is 5.82 Å². The predicted octanol–water partition coefficient (Wildman–Crippen LogP) is 3.79. The second-order valence-electron chi connectivity index (χ2n) is 6.98. The van der Waals surface area contributed by atoms with Gasteiger partial charge in [0.1, 0.15) is 24.8 Å². The van der Waals surface area contributed by atoms with Crippen LogP contribution in [0.2, 0.25) is 0 Å². The van der Waals surface area contributed by atoms with Crippen LogP contribution in [0.1, 0.15) is 16.2 Å². The van der Waals surface area contributed by atoms with Crippen molar-refractivity contribution in [2.75, 3.05) is 18.5 Å². The molecule has 1 aliphatic rings. The number of aryl methyl sites for hydroxylation is 1. The van der Waals surface area contributed by atoms with E-state index in [-0.39, 0.29) is 5.91 Å². The van der Waals surface area contributed by atoms with Crippen LogP contribution in [0.3, 0.4) is 0 Å². The highest BCUT2D eigenvalue weighted by atomic mass is 16.6. The van der Waals surface area contributed by atoms with Crippen molar-refractivity contribution in [1.82, 2.24) is 19.7 Å². The molecule has 0 saturated carbocycles. The van der Waals surface area contributed by atoms with Gasteiger partial charge in [0.05, 0.1) is 5.56 Å². The van der Waals surface area contributed by atoms with Crippen LogP contribution in [-0.2, 0) is 0 Å². The maximum absolute atomic E-state index is 12.7. The summed E-state index contributed by atoms with van der Waals surface area (Å²) in [4.78, 5) is 16.9. The van der Waals surface area contributed by atoms with Gasteiger partial charge >= 0.3 is 0 Å². The third-order valence-corrected chi connectivity index (χ3v) is 4.84. The summed E-state index contributed by atoms with van der Waals surface area (Å²) in [7, 11) is 0. The lowest BCUT2D eigenvalue weighted by Gasteiger charge is -2.20. The molecule has 160 valence electrons. The fraction of sp³-hybridized carbons (Fsp3) is 0.130. The highest BCUT2D eigenvalue weighted by molar-refractivity contribution is 6.06. The average molecular weight is 429 g/mol. The van der Waals surface area contributed by atoms with E-state index in [1.807, 2.05) is 17.7 Å². The quantitative estimate of drug-likeness (QED) is 0.515. The highest BCUT2D eigenvalue weighted by Gasteiger charge is 2.20. The zero-order valence-electron chi connectivity index (χ0n) is 17.2. The maximum atomic E-state index is 12.7. The normalized spacial score (nSPS) is 12.3. The first kappa shape index (κ1) is 19.6. The minimum atomic E-state index is -0.280. The monoisotopic (exact) mass is 429 g/mol. The van der Waals surface area contributed by atoms with Gasteiger partial charge in [0.15, 0.2) is 17.3 Å². The van der Waals surface area contributed by atoms with Crippen molar-refractivity contribution in [2.24, 2.45) is 0 Å². The van der Waals surface area contributed by atoms with E-state index in [9.17, 15) is 4.79 Å². The molecule has 1 N–H and O–H groups in total. The molecule has 1 aliphatic heterocycles. The first-order valence-corrected chi connectivity index (χ1v) is 9.99. The zero-order chi connectivity index (χ0) is 21.9. The van der Waals surface area contributed by atoms with Crippen molar-refractivity contribution in [1.29, 1.82) is 0 Å². The van der Waals surface area contributed by atoms with Gasteiger partial charge in [0.2, 0.25) is 5.88 Å². The molecular formula is C23H19N5O4. The molecular weight excluding hydrogens is 410 g/mol. The van der Waals surface area contributed by atoms with Gasteiger partial charge in [-0.2, -0.15) is 0 Å². The molecule has 0 spiro atoms. The number of amides is 1. The molecule has 1 amide bonds. The number of carbonyl (C=O) groups is 1. The smallest absolute Gasteiger partial charge is 0.259 e. The van der Waals surface area contributed by atoms with Gasteiger partial charge in [-0.3, -0.25) is 9.36 Å². The number of para-hydroxylation sites is 1. The summed E-state index contributed by atoms with van der Waals surface area (Å²) in [5, 5.41) is 11.1. The number of aromatic nitrogens is 4. The average Bonchev–Trinajstić information content (AvgIpc) is 3.26. The van der Waals surface area contributed by atoms with Crippen LogP contribution >= 0.6 is 0 Å².